The van der Waals surface area contributed by atoms with Crippen molar-refractivity contribution in [2.75, 3.05) is 6.26 Å². The summed E-state index contributed by atoms with van der Waals surface area (Å²) in [5, 5.41) is 8.10. The number of nitrogens with one attached hydrogen (secondary N) is 1. The number of nitriles is 1. The fourth-order valence-electron chi connectivity index (χ4n) is 0.189. The fourth-order valence-corrected chi connectivity index (χ4v) is 0.567. The lowest BCUT2D eigenvalue weighted by molar-refractivity contribution is 0.681. The molecule has 0 rings (SSSR count). The van der Waals surface area contributed by atoms with Crippen LogP contribution in [0.3, 0.4) is 0 Å². The smallest absolute Gasteiger partial charge is 0.188 e. The predicted molar refractivity (Wildman–Crippen MR) is 39.2 cm³/mol. The van der Waals surface area contributed by atoms with E-state index in [9.17, 15) is 4.21 Å². The third kappa shape index (κ3) is 2.38. The highest BCUT2D eigenvalue weighted by Crippen LogP contribution is 1.82. The average Bonchev–Trinajstić information content (AvgIpc) is 1.65. The lowest BCUT2D eigenvalue weighted by atomic mass is 10.6. The van der Waals surface area contributed by atoms with Crippen molar-refractivity contribution in [2.24, 2.45) is 0 Å². The van der Waals surface area contributed by atoms with E-state index >= 15 is 0 Å². The molecule has 0 aliphatic carbocycles. The van der Waals surface area contributed by atoms with E-state index in [1.165, 1.54) is 6.26 Å². The van der Waals surface area contributed by atoms with Crippen molar-refractivity contribution in [3.05, 3.63) is 0 Å². The van der Waals surface area contributed by atoms with Crippen LogP contribution in [0, 0.1) is 11.5 Å². The Morgan fingerprint density at radius 3 is 2.22 bits per heavy atom. The summed E-state index contributed by atoms with van der Waals surface area (Å²) in [5.41, 5.74) is 0. The van der Waals surface area contributed by atoms with Gasteiger partial charge in [0.05, 0.1) is 9.71 Å². The number of rotatable bonds is 1. The zero-order chi connectivity index (χ0) is 7.49. The average molecular weight is 146 g/mol. The summed E-state index contributed by atoms with van der Waals surface area (Å²) in [6.45, 7) is 3.46. The highest BCUT2D eigenvalue weighted by molar-refractivity contribution is 8.00. The van der Waals surface area contributed by atoms with Crippen LogP contribution in [0.15, 0.2) is 0 Å². The molecule has 0 saturated carbocycles. The second-order valence-electron chi connectivity index (χ2n) is 1.97. The molecular formula is C5H10N2OS. The minimum absolute atomic E-state index is 0.740. The van der Waals surface area contributed by atoms with Gasteiger partial charge in [-0.1, -0.05) is 0 Å². The van der Waals surface area contributed by atoms with Crippen molar-refractivity contribution in [1.82, 2.24) is 4.72 Å². The summed E-state index contributed by atoms with van der Waals surface area (Å²) >= 11 is 0. The Kier molecular flexibility index (Phi) is 2.53. The first-order valence-corrected chi connectivity index (χ1v) is 4.42. The fraction of sp³-hybridized carbons (Fsp3) is 0.600. The molecule has 1 atom stereocenters. The summed E-state index contributed by atoms with van der Waals surface area (Å²) in [5.74, 6) is 0. The third-order valence-electron chi connectivity index (χ3n) is 1.02. The minimum atomic E-state index is -2.19. The van der Waals surface area contributed by atoms with Gasteiger partial charge in [0.15, 0.2) is 6.19 Å². The minimum Gasteiger partial charge on any atom is -0.249 e. The Morgan fingerprint density at radius 2 is 2.11 bits per heavy atom. The molecule has 0 amide bonds. The van der Waals surface area contributed by atoms with Crippen LogP contribution in [0.2, 0.25) is 0 Å². The molecule has 1 unspecified atom stereocenters. The third-order valence-corrected chi connectivity index (χ3v) is 3.06. The van der Waals surface area contributed by atoms with Gasteiger partial charge in [0.2, 0.25) is 0 Å². The lowest BCUT2D eigenvalue weighted by Crippen LogP contribution is -2.21. The van der Waals surface area contributed by atoms with Gasteiger partial charge in [0, 0.05) is 6.26 Å². The zero-order valence-electron chi connectivity index (χ0n) is 5.76. The van der Waals surface area contributed by atoms with Crippen molar-refractivity contribution in [3.63, 3.8) is 0 Å². The van der Waals surface area contributed by atoms with Gasteiger partial charge in [-0.25, -0.2) is 8.93 Å². The van der Waals surface area contributed by atoms with Crippen molar-refractivity contribution in [3.8, 4) is 6.19 Å². The molecule has 0 saturated heterocycles. The van der Waals surface area contributed by atoms with Crippen LogP contribution in [0.5, 0.6) is 0 Å². The summed E-state index contributed by atoms with van der Waals surface area (Å²) in [6, 6.07) is 0. The molecule has 4 heteroatoms. The first kappa shape index (κ1) is 8.31. The van der Waals surface area contributed by atoms with Gasteiger partial charge >= 0.3 is 0 Å². The van der Waals surface area contributed by atoms with Crippen LogP contribution in [0.1, 0.15) is 13.8 Å². The van der Waals surface area contributed by atoms with E-state index in [-0.39, 0.29) is 0 Å². The van der Waals surface area contributed by atoms with Crippen molar-refractivity contribution in [2.45, 2.75) is 13.8 Å². The van der Waals surface area contributed by atoms with E-state index in [0.29, 0.717) is 0 Å². The van der Waals surface area contributed by atoms with Gasteiger partial charge < -0.3 is 0 Å². The molecule has 0 aromatic heterocycles. The summed E-state index contributed by atoms with van der Waals surface area (Å²) in [6.07, 6.45) is 3.15. The first-order chi connectivity index (χ1) is 4.00. The molecule has 0 spiro atoms. The maximum absolute atomic E-state index is 11.1. The van der Waals surface area contributed by atoms with Crippen LogP contribution >= 0.6 is 0 Å². The monoisotopic (exact) mass is 146 g/mol. The maximum Gasteiger partial charge on any atom is 0.188 e. The van der Waals surface area contributed by atoms with E-state index in [4.69, 9.17) is 5.26 Å². The molecule has 0 aliphatic heterocycles. The van der Waals surface area contributed by atoms with E-state index in [1.807, 2.05) is 0 Å². The van der Waals surface area contributed by atoms with Crippen LogP contribution < -0.4 is 4.72 Å². The van der Waals surface area contributed by atoms with Crippen LogP contribution in [0.25, 0.3) is 0 Å². The van der Waals surface area contributed by atoms with Crippen LogP contribution in [-0.2, 0) is 9.71 Å². The second kappa shape index (κ2) is 2.74. The number of hydrogen-bond acceptors (Lipinski definition) is 2. The zero-order valence-corrected chi connectivity index (χ0v) is 6.58. The van der Waals surface area contributed by atoms with Gasteiger partial charge in [-0.15, -0.1) is 0 Å². The maximum atomic E-state index is 11.1. The topological polar surface area (TPSA) is 52.9 Å². The summed E-state index contributed by atoms with van der Waals surface area (Å²) in [4.78, 5) is 0.740. The van der Waals surface area contributed by atoms with Crippen molar-refractivity contribution < 1.29 is 4.21 Å². The second-order valence-corrected chi connectivity index (χ2v) is 4.67. The quantitative estimate of drug-likeness (QED) is 0.324. The Balaban J connectivity index is 4.67. The molecule has 0 bridgehead atoms. The molecule has 0 radical (unpaired) electrons. The number of nitrogens with zero attached hydrogens (tertiary/aromatic N) is 1. The summed E-state index contributed by atoms with van der Waals surface area (Å²) in [7, 11) is -2.19. The highest BCUT2D eigenvalue weighted by Gasteiger charge is 1.96. The number of hydrogen-bond donors (Lipinski definition) is 1. The Morgan fingerprint density at radius 1 is 1.67 bits per heavy atom. The molecule has 0 heterocycles. The van der Waals surface area contributed by atoms with Crippen LogP contribution in [0.4, 0.5) is 0 Å². The Labute approximate surface area is 55.8 Å². The molecule has 9 heavy (non-hydrogen) atoms. The van der Waals surface area contributed by atoms with Crippen molar-refractivity contribution >= 4 is 14.6 Å². The van der Waals surface area contributed by atoms with E-state index in [1.54, 1.807) is 20.0 Å². The Bertz CT molecular complexity index is 238. The largest absolute Gasteiger partial charge is 0.249 e. The van der Waals surface area contributed by atoms with E-state index < -0.39 is 9.71 Å². The first-order valence-electron chi connectivity index (χ1n) is 2.46. The molecule has 3 nitrogen and oxygen atoms in total. The molecule has 0 aromatic rings. The highest BCUT2D eigenvalue weighted by atomic mass is 32.2. The van der Waals surface area contributed by atoms with Crippen molar-refractivity contribution in [1.29, 1.82) is 5.26 Å². The van der Waals surface area contributed by atoms with Gasteiger partial charge in [-0.3, -0.25) is 0 Å². The standard InChI is InChI=1S/C5H10N2OS/c1-5(2)9(3,8)7-4-6/h1-3H3,(H,7,8). The van der Waals surface area contributed by atoms with Crippen LogP contribution in [-0.4, -0.2) is 15.3 Å². The molecule has 0 aromatic carbocycles. The molecule has 0 aliphatic rings. The molecular weight excluding hydrogens is 136 g/mol. The summed E-state index contributed by atoms with van der Waals surface area (Å²) < 4.78 is 13.3. The predicted octanol–water partition coefficient (Wildman–Crippen LogP) is 0.0985. The molecule has 52 valence electrons. The molecule has 0 fully saturated rings. The Hall–Kier alpha value is -0.690. The normalized spacial score (nSPS) is 15.3. The van der Waals surface area contributed by atoms with Gasteiger partial charge in [0.25, 0.3) is 0 Å². The molecule has 1 N–H and O–H groups in total. The van der Waals surface area contributed by atoms with E-state index in [0.717, 1.165) is 4.86 Å². The van der Waals surface area contributed by atoms with Gasteiger partial charge in [-0.2, -0.15) is 5.26 Å². The lowest BCUT2D eigenvalue weighted by Gasteiger charge is -2.01. The SMILES string of the molecule is CC(C)=S(C)(=O)NC#N. The van der Waals surface area contributed by atoms with E-state index in [2.05, 4.69) is 4.72 Å². The van der Waals surface area contributed by atoms with Gasteiger partial charge in [0.1, 0.15) is 0 Å². The van der Waals surface area contributed by atoms with Gasteiger partial charge in [-0.05, 0) is 18.7 Å².